The van der Waals surface area contributed by atoms with Crippen LogP contribution >= 0.6 is 11.3 Å². The summed E-state index contributed by atoms with van der Waals surface area (Å²) in [5.41, 5.74) is -0.199. The van der Waals surface area contributed by atoms with Crippen LogP contribution < -0.4 is 10.6 Å². The zero-order chi connectivity index (χ0) is 17.1. The lowest BCUT2D eigenvalue weighted by atomic mass is 10.2. The van der Waals surface area contributed by atoms with Crippen LogP contribution in [0.4, 0.5) is 22.4 Å². The molecular weight excluding hydrogens is 334 g/mol. The van der Waals surface area contributed by atoms with Crippen molar-refractivity contribution in [1.82, 2.24) is 15.6 Å². The molecule has 0 aliphatic rings. The Labute approximate surface area is 133 Å². The first-order valence-electron chi connectivity index (χ1n) is 6.56. The molecule has 0 radical (unpaired) electrons. The summed E-state index contributed by atoms with van der Waals surface area (Å²) in [6.07, 6.45) is 0. The number of benzene rings is 1. The molecule has 0 saturated carbocycles. The lowest BCUT2D eigenvalue weighted by Crippen LogP contribution is -2.35. The SMILES string of the molecule is Cc1nc(CNC(=O)NCc2c(F)c(F)cc(F)c2F)c(C)s1. The maximum Gasteiger partial charge on any atom is 0.315 e. The number of nitrogens with one attached hydrogen (secondary N) is 2. The normalized spacial score (nSPS) is 10.7. The van der Waals surface area contributed by atoms with Crippen molar-refractivity contribution in [3.63, 3.8) is 0 Å². The molecule has 0 saturated heterocycles. The number of aromatic nitrogens is 1. The number of amides is 2. The monoisotopic (exact) mass is 347 g/mol. The van der Waals surface area contributed by atoms with E-state index in [0.717, 1.165) is 9.88 Å². The summed E-state index contributed by atoms with van der Waals surface area (Å²) in [4.78, 5) is 16.8. The smallest absolute Gasteiger partial charge is 0.315 e. The summed E-state index contributed by atoms with van der Waals surface area (Å²) in [6.45, 7) is 3.11. The van der Waals surface area contributed by atoms with Crippen molar-refractivity contribution in [2.24, 2.45) is 0 Å². The van der Waals surface area contributed by atoms with Gasteiger partial charge in [0.2, 0.25) is 0 Å². The summed E-state index contributed by atoms with van der Waals surface area (Å²) in [5, 5.41) is 5.44. The van der Waals surface area contributed by atoms with Gasteiger partial charge in [0.25, 0.3) is 0 Å². The zero-order valence-electron chi connectivity index (χ0n) is 12.3. The van der Waals surface area contributed by atoms with Crippen LogP contribution in [-0.2, 0) is 13.1 Å². The van der Waals surface area contributed by atoms with Gasteiger partial charge < -0.3 is 10.6 Å². The van der Waals surface area contributed by atoms with Crippen LogP contribution in [0.3, 0.4) is 0 Å². The Morgan fingerprint density at radius 3 is 2.17 bits per heavy atom. The van der Waals surface area contributed by atoms with E-state index in [4.69, 9.17) is 0 Å². The Bertz CT molecular complexity index is 722. The van der Waals surface area contributed by atoms with E-state index in [2.05, 4.69) is 15.6 Å². The highest BCUT2D eigenvalue weighted by Crippen LogP contribution is 2.19. The fourth-order valence-electron chi connectivity index (χ4n) is 1.91. The van der Waals surface area contributed by atoms with Crippen molar-refractivity contribution in [3.05, 3.63) is 50.5 Å². The first-order valence-corrected chi connectivity index (χ1v) is 7.37. The highest BCUT2D eigenvalue weighted by molar-refractivity contribution is 7.11. The summed E-state index contributed by atoms with van der Waals surface area (Å²) < 4.78 is 53.0. The van der Waals surface area contributed by atoms with Crippen molar-refractivity contribution < 1.29 is 22.4 Å². The van der Waals surface area contributed by atoms with Crippen LogP contribution in [0.2, 0.25) is 0 Å². The molecule has 0 bridgehead atoms. The molecule has 1 aromatic carbocycles. The number of aryl methyl sites for hydroxylation is 2. The van der Waals surface area contributed by atoms with Crippen LogP contribution in [0, 0.1) is 37.1 Å². The van der Waals surface area contributed by atoms with Gasteiger partial charge in [-0.2, -0.15) is 0 Å². The van der Waals surface area contributed by atoms with Gasteiger partial charge in [-0.05, 0) is 13.8 Å². The average Bonchev–Trinajstić information content (AvgIpc) is 2.81. The third-order valence-corrected chi connectivity index (χ3v) is 3.97. The van der Waals surface area contributed by atoms with Crippen molar-refractivity contribution in [3.8, 4) is 0 Å². The summed E-state index contributed by atoms with van der Waals surface area (Å²) >= 11 is 1.47. The summed E-state index contributed by atoms with van der Waals surface area (Å²) in [7, 11) is 0. The molecule has 0 aliphatic carbocycles. The number of rotatable bonds is 4. The van der Waals surface area contributed by atoms with Gasteiger partial charge in [0.15, 0.2) is 23.3 Å². The van der Waals surface area contributed by atoms with Gasteiger partial charge in [-0.25, -0.2) is 27.3 Å². The van der Waals surface area contributed by atoms with E-state index < -0.39 is 41.4 Å². The van der Waals surface area contributed by atoms with Crippen LogP contribution in [0.5, 0.6) is 0 Å². The minimum absolute atomic E-state index is 0.113. The number of carbonyl (C=O) groups is 1. The second-order valence-corrected chi connectivity index (χ2v) is 6.13. The van der Waals surface area contributed by atoms with Gasteiger partial charge in [-0.1, -0.05) is 0 Å². The van der Waals surface area contributed by atoms with E-state index in [1.54, 1.807) is 0 Å². The molecule has 2 N–H and O–H groups in total. The van der Waals surface area contributed by atoms with Crippen molar-refractivity contribution >= 4 is 17.4 Å². The Morgan fingerprint density at radius 1 is 1.09 bits per heavy atom. The van der Waals surface area contributed by atoms with Gasteiger partial charge >= 0.3 is 6.03 Å². The van der Waals surface area contributed by atoms with E-state index in [9.17, 15) is 22.4 Å². The average molecular weight is 347 g/mol. The third kappa shape index (κ3) is 3.98. The minimum atomic E-state index is -1.53. The standard InChI is InChI=1S/C14H13F4N3OS/c1-6-11(21-7(2)23-6)5-20-14(22)19-4-8-12(17)9(15)3-10(16)13(8)18/h3H,4-5H2,1-2H3,(H2,19,20,22). The molecule has 1 heterocycles. The molecule has 2 aromatic rings. The third-order valence-electron chi connectivity index (χ3n) is 3.04. The quantitative estimate of drug-likeness (QED) is 0.659. The first kappa shape index (κ1) is 17.2. The van der Waals surface area contributed by atoms with Gasteiger partial charge in [0.05, 0.1) is 23.8 Å². The lowest BCUT2D eigenvalue weighted by molar-refractivity contribution is 0.239. The Balaban J connectivity index is 1.96. The van der Waals surface area contributed by atoms with E-state index in [0.29, 0.717) is 5.69 Å². The maximum absolute atomic E-state index is 13.4. The molecule has 0 fully saturated rings. The molecule has 4 nitrogen and oxygen atoms in total. The highest BCUT2D eigenvalue weighted by Gasteiger charge is 2.19. The van der Waals surface area contributed by atoms with Crippen LogP contribution in [0.1, 0.15) is 21.1 Å². The van der Waals surface area contributed by atoms with E-state index >= 15 is 0 Å². The number of urea groups is 1. The predicted molar refractivity (Wildman–Crippen MR) is 76.9 cm³/mol. The van der Waals surface area contributed by atoms with Crippen LogP contribution in [-0.4, -0.2) is 11.0 Å². The first-order chi connectivity index (χ1) is 10.8. The molecule has 0 atom stereocenters. The minimum Gasteiger partial charge on any atom is -0.334 e. The van der Waals surface area contributed by atoms with E-state index in [1.165, 1.54) is 11.3 Å². The molecule has 0 aliphatic heterocycles. The fraction of sp³-hybridized carbons (Fsp3) is 0.286. The molecule has 0 unspecified atom stereocenters. The predicted octanol–water partition coefficient (Wildman–Crippen LogP) is 3.32. The van der Waals surface area contributed by atoms with Gasteiger partial charge in [0, 0.05) is 16.5 Å². The molecule has 2 rings (SSSR count). The molecule has 23 heavy (non-hydrogen) atoms. The number of thiazole rings is 1. The fourth-order valence-corrected chi connectivity index (χ4v) is 2.74. The van der Waals surface area contributed by atoms with Gasteiger partial charge in [0.1, 0.15) is 0 Å². The van der Waals surface area contributed by atoms with Crippen molar-refractivity contribution in [2.45, 2.75) is 26.9 Å². The molecule has 0 spiro atoms. The highest BCUT2D eigenvalue weighted by atomic mass is 32.1. The Hall–Kier alpha value is -2.16. The Morgan fingerprint density at radius 2 is 1.65 bits per heavy atom. The van der Waals surface area contributed by atoms with Crippen molar-refractivity contribution in [1.29, 1.82) is 0 Å². The van der Waals surface area contributed by atoms with E-state index in [-0.39, 0.29) is 12.6 Å². The zero-order valence-corrected chi connectivity index (χ0v) is 13.1. The van der Waals surface area contributed by atoms with Crippen molar-refractivity contribution in [2.75, 3.05) is 0 Å². The molecular formula is C14H13F4N3OS. The molecule has 1 aromatic heterocycles. The number of nitrogens with zero attached hydrogens (tertiary/aromatic N) is 1. The maximum atomic E-state index is 13.4. The largest absolute Gasteiger partial charge is 0.334 e. The van der Waals surface area contributed by atoms with Crippen LogP contribution in [0.15, 0.2) is 6.07 Å². The second-order valence-electron chi connectivity index (χ2n) is 4.72. The number of carbonyl (C=O) groups excluding carboxylic acids is 1. The number of hydrogen-bond donors (Lipinski definition) is 2. The molecule has 124 valence electrons. The second kappa shape index (κ2) is 6.95. The van der Waals surface area contributed by atoms with Crippen LogP contribution in [0.25, 0.3) is 0 Å². The summed E-state index contributed by atoms with van der Waals surface area (Å²) in [6, 6.07) is -0.625. The number of halogens is 4. The molecule has 2 amide bonds. The molecule has 9 heteroatoms. The van der Waals surface area contributed by atoms with Gasteiger partial charge in [-0.15, -0.1) is 11.3 Å². The lowest BCUT2D eigenvalue weighted by Gasteiger charge is -2.09. The summed E-state index contributed by atoms with van der Waals surface area (Å²) in [5.74, 6) is -6.10. The number of hydrogen-bond acceptors (Lipinski definition) is 3. The topological polar surface area (TPSA) is 54.0 Å². The van der Waals surface area contributed by atoms with E-state index in [1.807, 2.05) is 13.8 Å². The Kier molecular flexibility index (Phi) is 5.19. The van der Waals surface area contributed by atoms with Gasteiger partial charge in [-0.3, -0.25) is 0 Å².